The summed E-state index contributed by atoms with van der Waals surface area (Å²) in [4.78, 5) is 13.2. The lowest BCUT2D eigenvalue weighted by atomic mass is 10.00. The molecule has 1 aliphatic heterocycles. The van der Waals surface area contributed by atoms with Crippen molar-refractivity contribution in [2.24, 2.45) is 0 Å². The SMILES string of the molecule is Cc1cc(OC(F)F)c(C(=O)NC2CCCNC2C)s1. The molecular weight excluding hydrogens is 286 g/mol. The molecule has 2 N–H and O–H groups in total. The first kappa shape index (κ1) is 15.2. The maximum absolute atomic E-state index is 12.3. The molecule has 7 heteroatoms. The molecule has 1 aliphatic rings. The van der Waals surface area contributed by atoms with E-state index in [9.17, 15) is 13.6 Å². The number of halogens is 2. The molecule has 1 aromatic rings. The number of ether oxygens (including phenoxy) is 1. The molecule has 4 nitrogen and oxygen atoms in total. The van der Waals surface area contributed by atoms with Gasteiger partial charge in [-0.25, -0.2) is 0 Å². The summed E-state index contributed by atoms with van der Waals surface area (Å²) < 4.78 is 29.1. The molecule has 1 saturated heterocycles. The average molecular weight is 304 g/mol. The van der Waals surface area contributed by atoms with E-state index in [0.717, 1.165) is 35.6 Å². The Balaban J connectivity index is 2.08. The van der Waals surface area contributed by atoms with Gasteiger partial charge in [0.05, 0.1) is 0 Å². The van der Waals surface area contributed by atoms with Crippen molar-refractivity contribution in [3.8, 4) is 5.75 Å². The van der Waals surface area contributed by atoms with E-state index in [0.29, 0.717) is 0 Å². The van der Waals surface area contributed by atoms with E-state index in [-0.39, 0.29) is 28.6 Å². The maximum atomic E-state index is 12.3. The highest BCUT2D eigenvalue weighted by molar-refractivity contribution is 7.14. The highest BCUT2D eigenvalue weighted by Gasteiger charge is 2.26. The molecule has 112 valence electrons. The number of piperidine rings is 1. The second-order valence-electron chi connectivity index (χ2n) is 4.89. The van der Waals surface area contributed by atoms with Crippen LogP contribution in [0.5, 0.6) is 5.75 Å². The molecule has 1 amide bonds. The Morgan fingerprint density at radius 3 is 3.00 bits per heavy atom. The Morgan fingerprint density at radius 2 is 2.35 bits per heavy atom. The van der Waals surface area contributed by atoms with Crippen molar-refractivity contribution in [3.63, 3.8) is 0 Å². The summed E-state index contributed by atoms with van der Waals surface area (Å²) in [5.74, 6) is -0.393. The molecule has 20 heavy (non-hydrogen) atoms. The number of amides is 1. The van der Waals surface area contributed by atoms with Gasteiger partial charge in [0, 0.05) is 17.0 Å². The molecule has 0 bridgehead atoms. The molecule has 1 aromatic heterocycles. The van der Waals surface area contributed by atoms with Crippen molar-refractivity contribution in [2.45, 2.75) is 45.4 Å². The van der Waals surface area contributed by atoms with Crippen LogP contribution in [0.1, 0.15) is 34.3 Å². The van der Waals surface area contributed by atoms with E-state index >= 15 is 0 Å². The number of rotatable bonds is 4. The second kappa shape index (κ2) is 6.49. The van der Waals surface area contributed by atoms with E-state index < -0.39 is 6.61 Å². The van der Waals surface area contributed by atoms with Gasteiger partial charge in [0.15, 0.2) is 0 Å². The fourth-order valence-electron chi connectivity index (χ4n) is 2.31. The van der Waals surface area contributed by atoms with Gasteiger partial charge in [0.25, 0.3) is 5.91 Å². The summed E-state index contributed by atoms with van der Waals surface area (Å²) in [5.41, 5.74) is 0. The predicted molar refractivity (Wildman–Crippen MR) is 73.6 cm³/mol. The van der Waals surface area contributed by atoms with E-state index in [1.807, 2.05) is 6.92 Å². The minimum Gasteiger partial charge on any atom is -0.433 e. The molecule has 2 unspecified atom stereocenters. The standard InChI is InChI=1S/C13H18F2N2O2S/c1-7-6-10(19-13(14)15)11(20-7)12(18)17-9-4-3-5-16-8(9)2/h6,8-9,13,16H,3-5H2,1-2H3,(H,17,18). The number of hydrogen-bond donors (Lipinski definition) is 2. The van der Waals surface area contributed by atoms with Crippen LogP contribution >= 0.6 is 11.3 Å². The third kappa shape index (κ3) is 3.67. The lowest BCUT2D eigenvalue weighted by molar-refractivity contribution is -0.0498. The predicted octanol–water partition coefficient (Wildman–Crippen LogP) is 2.53. The van der Waals surface area contributed by atoms with Crippen molar-refractivity contribution in [3.05, 3.63) is 15.8 Å². The first-order valence-electron chi connectivity index (χ1n) is 6.57. The van der Waals surface area contributed by atoms with Gasteiger partial charge < -0.3 is 15.4 Å². The van der Waals surface area contributed by atoms with Crippen LogP contribution in [0.15, 0.2) is 6.07 Å². The van der Waals surface area contributed by atoms with Gasteiger partial charge in [0.2, 0.25) is 0 Å². The van der Waals surface area contributed by atoms with Crippen molar-refractivity contribution >= 4 is 17.2 Å². The van der Waals surface area contributed by atoms with Crippen LogP contribution in [0, 0.1) is 6.92 Å². The summed E-state index contributed by atoms with van der Waals surface area (Å²) in [6.45, 7) is 1.77. The highest BCUT2D eigenvalue weighted by Crippen LogP contribution is 2.30. The summed E-state index contributed by atoms with van der Waals surface area (Å²) in [6.07, 6.45) is 1.87. The van der Waals surface area contributed by atoms with E-state index in [1.165, 1.54) is 6.07 Å². The monoisotopic (exact) mass is 304 g/mol. The van der Waals surface area contributed by atoms with Crippen LogP contribution in [-0.2, 0) is 0 Å². The Hall–Kier alpha value is -1.21. The topological polar surface area (TPSA) is 50.4 Å². The molecule has 0 aliphatic carbocycles. The zero-order chi connectivity index (χ0) is 14.7. The Bertz CT molecular complexity index is 479. The van der Waals surface area contributed by atoms with Crippen LogP contribution < -0.4 is 15.4 Å². The molecule has 2 rings (SSSR count). The normalized spacial score (nSPS) is 22.9. The van der Waals surface area contributed by atoms with Crippen LogP contribution in [0.25, 0.3) is 0 Å². The van der Waals surface area contributed by atoms with Crippen molar-refractivity contribution in [1.29, 1.82) is 0 Å². The number of aryl methyl sites for hydroxylation is 1. The Morgan fingerprint density at radius 1 is 1.60 bits per heavy atom. The van der Waals surface area contributed by atoms with Crippen LogP contribution in [0.4, 0.5) is 8.78 Å². The number of carbonyl (C=O) groups is 1. The van der Waals surface area contributed by atoms with Gasteiger partial charge in [0.1, 0.15) is 10.6 Å². The molecule has 2 atom stereocenters. The van der Waals surface area contributed by atoms with E-state index in [2.05, 4.69) is 15.4 Å². The maximum Gasteiger partial charge on any atom is 0.387 e. The Kier molecular flexibility index (Phi) is 4.93. The fourth-order valence-corrected chi connectivity index (χ4v) is 3.15. The van der Waals surface area contributed by atoms with Gasteiger partial charge in [-0.15, -0.1) is 11.3 Å². The highest BCUT2D eigenvalue weighted by atomic mass is 32.1. The number of hydrogen-bond acceptors (Lipinski definition) is 4. The molecule has 0 radical (unpaired) electrons. The number of carbonyl (C=O) groups excluding carboxylic acids is 1. The van der Waals surface area contributed by atoms with Gasteiger partial charge in [-0.3, -0.25) is 4.79 Å². The molecule has 2 heterocycles. The third-order valence-corrected chi connectivity index (χ3v) is 4.35. The van der Waals surface area contributed by atoms with Crippen LogP contribution in [0.3, 0.4) is 0 Å². The summed E-state index contributed by atoms with van der Waals surface area (Å²) in [6, 6.07) is 1.65. The Labute approximate surface area is 120 Å². The molecule has 1 fully saturated rings. The van der Waals surface area contributed by atoms with Gasteiger partial charge in [-0.1, -0.05) is 0 Å². The molecule has 0 aromatic carbocycles. The zero-order valence-electron chi connectivity index (χ0n) is 11.4. The minimum atomic E-state index is -2.93. The summed E-state index contributed by atoms with van der Waals surface area (Å²) >= 11 is 1.16. The molecular formula is C13H18F2N2O2S. The first-order valence-corrected chi connectivity index (χ1v) is 7.38. The third-order valence-electron chi connectivity index (χ3n) is 3.32. The fraction of sp³-hybridized carbons (Fsp3) is 0.615. The molecule has 0 spiro atoms. The van der Waals surface area contributed by atoms with Crippen LogP contribution in [-0.4, -0.2) is 31.1 Å². The van der Waals surface area contributed by atoms with Crippen LogP contribution in [0.2, 0.25) is 0 Å². The first-order chi connectivity index (χ1) is 9.47. The zero-order valence-corrected chi connectivity index (χ0v) is 12.2. The largest absolute Gasteiger partial charge is 0.433 e. The van der Waals surface area contributed by atoms with Crippen molar-refractivity contribution in [1.82, 2.24) is 10.6 Å². The number of alkyl halides is 2. The minimum absolute atomic E-state index is 0.0121. The molecule has 0 saturated carbocycles. The smallest absolute Gasteiger partial charge is 0.387 e. The van der Waals surface area contributed by atoms with Gasteiger partial charge >= 0.3 is 6.61 Å². The van der Waals surface area contributed by atoms with Gasteiger partial charge in [-0.05, 0) is 39.3 Å². The second-order valence-corrected chi connectivity index (χ2v) is 6.15. The van der Waals surface area contributed by atoms with Crippen molar-refractivity contribution in [2.75, 3.05) is 6.54 Å². The number of nitrogens with one attached hydrogen (secondary N) is 2. The van der Waals surface area contributed by atoms with Crippen molar-refractivity contribution < 1.29 is 18.3 Å². The average Bonchev–Trinajstić information content (AvgIpc) is 2.72. The van der Waals surface area contributed by atoms with Gasteiger partial charge in [-0.2, -0.15) is 8.78 Å². The van der Waals surface area contributed by atoms with E-state index in [1.54, 1.807) is 6.92 Å². The lowest BCUT2D eigenvalue weighted by Gasteiger charge is -2.30. The summed E-state index contributed by atoms with van der Waals surface area (Å²) in [5, 5.41) is 6.17. The number of thiophene rings is 1. The summed E-state index contributed by atoms with van der Waals surface area (Å²) in [7, 11) is 0. The lowest BCUT2D eigenvalue weighted by Crippen LogP contribution is -2.51. The van der Waals surface area contributed by atoms with E-state index in [4.69, 9.17) is 0 Å². The quantitative estimate of drug-likeness (QED) is 0.899.